The van der Waals surface area contributed by atoms with Crippen molar-refractivity contribution in [2.75, 3.05) is 5.75 Å². The van der Waals surface area contributed by atoms with Crippen molar-refractivity contribution in [3.05, 3.63) is 39.9 Å². The Hall–Kier alpha value is -1.89. The molecule has 1 aliphatic heterocycles. The summed E-state index contributed by atoms with van der Waals surface area (Å²) in [6.45, 7) is 0. The molecule has 94 valence electrons. The van der Waals surface area contributed by atoms with E-state index in [0.29, 0.717) is 12.2 Å². The van der Waals surface area contributed by atoms with Gasteiger partial charge in [0.2, 0.25) is 5.12 Å². The molecule has 6 nitrogen and oxygen atoms in total. The van der Waals surface area contributed by atoms with Crippen LogP contribution < -0.4 is 5.32 Å². The fraction of sp³-hybridized carbons (Fsp3) is 0.273. The summed E-state index contributed by atoms with van der Waals surface area (Å²) in [5.41, 5.74) is 0.0451. The number of carbonyl (C=O) groups excluding carboxylic acids is 2. The number of nitrogens with zero attached hydrogens (tertiary/aromatic N) is 1. The summed E-state index contributed by atoms with van der Waals surface area (Å²) in [6.07, 6.45) is 0.601. The highest BCUT2D eigenvalue weighted by atomic mass is 32.2. The van der Waals surface area contributed by atoms with E-state index < -0.39 is 16.9 Å². The number of nitrogens with one attached hydrogen (secondary N) is 1. The Balaban J connectivity index is 2.11. The van der Waals surface area contributed by atoms with Gasteiger partial charge in [-0.1, -0.05) is 17.8 Å². The maximum Gasteiger partial charge on any atom is 0.270 e. The predicted octanol–water partition coefficient (Wildman–Crippen LogP) is 1.36. The Morgan fingerprint density at radius 1 is 1.50 bits per heavy atom. The van der Waals surface area contributed by atoms with E-state index in [4.69, 9.17) is 0 Å². The second-order valence-corrected chi connectivity index (χ2v) is 4.89. The van der Waals surface area contributed by atoms with E-state index in [1.54, 1.807) is 0 Å². The Kier molecular flexibility index (Phi) is 3.61. The van der Waals surface area contributed by atoms with Crippen LogP contribution in [0.15, 0.2) is 24.3 Å². The van der Waals surface area contributed by atoms with Crippen LogP contribution in [0.3, 0.4) is 0 Å². The fourth-order valence-electron chi connectivity index (χ4n) is 1.63. The largest absolute Gasteiger partial charge is 0.341 e. The molecule has 0 aromatic heterocycles. The molecule has 0 radical (unpaired) electrons. The number of amides is 1. The molecule has 1 saturated heterocycles. The summed E-state index contributed by atoms with van der Waals surface area (Å²) in [7, 11) is 0. The van der Waals surface area contributed by atoms with E-state index in [9.17, 15) is 19.7 Å². The zero-order chi connectivity index (χ0) is 13.1. The number of hydrogen-bond donors (Lipinski definition) is 1. The molecule has 0 spiro atoms. The van der Waals surface area contributed by atoms with Gasteiger partial charge in [-0.2, -0.15) is 0 Å². The lowest BCUT2D eigenvalue weighted by Gasteiger charge is -2.09. The third-order valence-electron chi connectivity index (χ3n) is 2.56. The fourth-order valence-corrected chi connectivity index (χ4v) is 2.56. The quantitative estimate of drug-likeness (QED) is 0.659. The third kappa shape index (κ3) is 2.67. The van der Waals surface area contributed by atoms with Gasteiger partial charge < -0.3 is 5.32 Å². The van der Waals surface area contributed by atoms with Gasteiger partial charge in [0.15, 0.2) is 0 Å². The number of thioether (sulfide) groups is 1. The zero-order valence-electron chi connectivity index (χ0n) is 9.29. The van der Waals surface area contributed by atoms with Gasteiger partial charge in [-0.3, -0.25) is 19.7 Å². The molecule has 1 atom stereocenters. The molecular weight excluding hydrogens is 256 g/mol. The van der Waals surface area contributed by atoms with Crippen molar-refractivity contribution in [2.24, 2.45) is 0 Å². The minimum Gasteiger partial charge on any atom is -0.341 e. The van der Waals surface area contributed by atoms with Gasteiger partial charge in [-0.15, -0.1) is 0 Å². The first kappa shape index (κ1) is 12.6. The Morgan fingerprint density at radius 3 is 2.89 bits per heavy atom. The molecule has 1 N–H and O–H groups in total. The maximum absolute atomic E-state index is 11.8. The first-order valence-electron chi connectivity index (χ1n) is 5.30. The summed E-state index contributed by atoms with van der Waals surface area (Å²) in [5.74, 6) is 0.234. The Labute approximate surface area is 107 Å². The standard InChI is InChI=1S/C11H10N2O4S/c14-10(12-9-4-5-18-11(9)15)7-2-1-3-8(6-7)13(16)17/h1-3,6,9H,4-5H2,(H,12,14)/t9-/m1/s1. The molecule has 1 amide bonds. The number of nitro benzene ring substituents is 1. The molecule has 1 aromatic rings. The summed E-state index contributed by atoms with van der Waals surface area (Å²) in [4.78, 5) is 33.2. The molecule has 0 unspecified atom stereocenters. The predicted molar refractivity (Wildman–Crippen MR) is 66.4 cm³/mol. The van der Waals surface area contributed by atoms with Gasteiger partial charge >= 0.3 is 0 Å². The van der Waals surface area contributed by atoms with Crippen molar-refractivity contribution >= 4 is 28.5 Å². The number of nitro groups is 1. The van der Waals surface area contributed by atoms with E-state index >= 15 is 0 Å². The molecule has 1 fully saturated rings. The minimum atomic E-state index is -0.562. The van der Waals surface area contributed by atoms with Crippen LogP contribution in [0, 0.1) is 10.1 Å². The molecule has 0 saturated carbocycles. The molecule has 7 heteroatoms. The molecule has 2 rings (SSSR count). The average Bonchev–Trinajstić information content (AvgIpc) is 2.75. The molecule has 0 aliphatic carbocycles. The van der Waals surface area contributed by atoms with Crippen molar-refractivity contribution in [1.29, 1.82) is 0 Å². The second-order valence-electron chi connectivity index (χ2n) is 3.79. The number of rotatable bonds is 3. The van der Waals surface area contributed by atoms with Crippen molar-refractivity contribution in [3.63, 3.8) is 0 Å². The van der Waals surface area contributed by atoms with E-state index in [1.807, 2.05) is 0 Å². The topological polar surface area (TPSA) is 89.3 Å². The SMILES string of the molecule is O=C(N[C@@H]1CCSC1=O)c1cccc([N+](=O)[O-])c1. The van der Waals surface area contributed by atoms with Crippen molar-refractivity contribution in [3.8, 4) is 0 Å². The third-order valence-corrected chi connectivity index (χ3v) is 3.57. The lowest BCUT2D eigenvalue weighted by Crippen LogP contribution is -2.37. The Morgan fingerprint density at radius 2 is 2.28 bits per heavy atom. The summed E-state index contributed by atoms with van der Waals surface area (Å²) < 4.78 is 0. The summed E-state index contributed by atoms with van der Waals surface area (Å²) >= 11 is 1.19. The second kappa shape index (κ2) is 5.18. The van der Waals surface area contributed by atoms with E-state index in [0.717, 1.165) is 0 Å². The molecule has 18 heavy (non-hydrogen) atoms. The molecule has 1 heterocycles. The van der Waals surface area contributed by atoms with Gasteiger partial charge in [0, 0.05) is 23.4 Å². The number of carbonyl (C=O) groups is 2. The molecule has 1 aliphatic rings. The normalized spacial score (nSPS) is 18.7. The van der Waals surface area contributed by atoms with E-state index in [1.165, 1.54) is 36.0 Å². The average molecular weight is 266 g/mol. The van der Waals surface area contributed by atoms with Crippen LogP contribution in [0.1, 0.15) is 16.8 Å². The van der Waals surface area contributed by atoms with Crippen LogP contribution in [0.25, 0.3) is 0 Å². The first-order valence-corrected chi connectivity index (χ1v) is 6.28. The van der Waals surface area contributed by atoms with Gasteiger partial charge in [0.05, 0.1) is 11.0 Å². The highest BCUT2D eigenvalue weighted by Crippen LogP contribution is 2.20. The summed E-state index contributed by atoms with van der Waals surface area (Å²) in [5, 5.41) is 13.1. The van der Waals surface area contributed by atoms with Crippen LogP contribution in [0.5, 0.6) is 0 Å². The number of benzene rings is 1. The maximum atomic E-state index is 11.8. The van der Waals surface area contributed by atoms with Gasteiger partial charge in [-0.05, 0) is 12.5 Å². The highest BCUT2D eigenvalue weighted by molar-refractivity contribution is 8.14. The number of non-ortho nitro benzene ring substituents is 1. The van der Waals surface area contributed by atoms with Crippen LogP contribution in [0.4, 0.5) is 5.69 Å². The van der Waals surface area contributed by atoms with E-state index in [-0.39, 0.29) is 16.4 Å². The monoisotopic (exact) mass is 266 g/mol. The van der Waals surface area contributed by atoms with Crippen LogP contribution in [-0.2, 0) is 4.79 Å². The number of hydrogen-bond acceptors (Lipinski definition) is 5. The van der Waals surface area contributed by atoms with Crippen LogP contribution in [0.2, 0.25) is 0 Å². The molecule has 1 aromatic carbocycles. The molecule has 0 bridgehead atoms. The summed E-state index contributed by atoms with van der Waals surface area (Å²) in [6, 6.07) is 4.95. The van der Waals surface area contributed by atoms with Crippen LogP contribution >= 0.6 is 11.8 Å². The van der Waals surface area contributed by atoms with Gasteiger partial charge in [0.25, 0.3) is 11.6 Å². The minimum absolute atomic E-state index is 0.0613. The van der Waals surface area contributed by atoms with Gasteiger partial charge in [-0.25, -0.2) is 0 Å². The van der Waals surface area contributed by atoms with Crippen molar-refractivity contribution in [1.82, 2.24) is 5.32 Å². The zero-order valence-corrected chi connectivity index (χ0v) is 10.1. The lowest BCUT2D eigenvalue weighted by atomic mass is 10.1. The van der Waals surface area contributed by atoms with Crippen molar-refractivity contribution < 1.29 is 14.5 Å². The van der Waals surface area contributed by atoms with Crippen molar-refractivity contribution in [2.45, 2.75) is 12.5 Å². The Bertz CT molecular complexity index is 518. The van der Waals surface area contributed by atoms with Crippen LogP contribution in [-0.4, -0.2) is 27.7 Å². The first-order chi connectivity index (χ1) is 8.58. The van der Waals surface area contributed by atoms with Gasteiger partial charge in [0.1, 0.15) is 0 Å². The van der Waals surface area contributed by atoms with E-state index in [2.05, 4.69) is 5.32 Å². The lowest BCUT2D eigenvalue weighted by molar-refractivity contribution is -0.384. The highest BCUT2D eigenvalue weighted by Gasteiger charge is 2.27. The smallest absolute Gasteiger partial charge is 0.270 e. The molecular formula is C11H10N2O4S.